The number of benzene rings is 1. The molecular weight excluding hydrogens is 576 g/mol. The highest BCUT2D eigenvalue weighted by Crippen LogP contribution is 2.64. The van der Waals surface area contributed by atoms with Gasteiger partial charge in [0.15, 0.2) is 52.4 Å². The summed E-state index contributed by atoms with van der Waals surface area (Å²) in [7, 11) is 1.42. The van der Waals surface area contributed by atoms with E-state index in [1.165, 1.54) is 22.7 Å². The van der Waals surface area contributed by atoms with Crippen molar-refractivity contribution in [2.75, 3.05) is 24.7 Å². The number of carbonyl (C=O) groups excluding carboxylic acids is 1. The van der Waals surface area contributed by atoms with Gasteiger partial charge in [-0.2, -0.15) is 9.97 Å². The summed E-state index contributed by atoms with van der Waals surface area (Å²) in [5, 5.41) is 11.5. The Morgan fingerprint density at radius 2 is 1.95 bits per heavy atom. The van der Waals surface area contributed by atoms with Gasteiger partial charge in [-0.3, -0.25) is 9.36 Å². The van der Waals surface area contributed by atoms with E-state index >= 15 is 4.39 Å². The molecule has 7 atom stereocenters. The number of hydroxylamine groups is 1. The van der Waals surface area contributed by atoms with Gasteiger partial charge in [-0.05, 0) is 39.8 Å². The summed E-state index contributed by atoms with van der Waals surface area (Å²) < 4.78 is 35.2. The van der Waals surface area contributed by atoms with Crippen molar-refractivity contribution in [1.29, 1.82) is 0 Å². The number of hydrogen-bond acceptors (Lipinski definition) is 12. The Hall–Kier alpha value is -3.07. The number of alkyl halides is 1. The van der Waals surface area contributed by atoms with Crippen LogP contribution < -0.4 is 15.5 Å². The van der Waals surface area contributed by atoms with Crippen LogP contribution >= 0.6 is 7.07 Å². The number of fused-ring (bicyclic) bond motifs is 2. The number of ether oxygens (including phenoxy) is 2. The third-order valence-electron chi connectivity index (χ3n) is 6.98. The number of halogens is 1. The van der Waals surface area contributed by atoms with Crippen molar-refractivity contribution >= 4 is 47.8 Å². The molecule has 1 aliphatic carbocycles. The Kier molecular flexibility index (Phi) is 7.64. The molecule has 0 bridgehead atoms. The zero-order chi connectivity index (χ0) is 29.9. The Morgan fingerprint density at radius 3 is 2.54 bits per heavy atom. The number of rotatable bonds is 10. The highest BCUT2D eigenvalue weighted by atomic mass is 32.4. The van der Waals surface area contributed by atoms with E-state index in [-0.39, 0.29) is 17.7 Å². The summed E-state index contributed by atoms with van der Waals surface area (Å²) in [6, 6.07) is 7.73. The second kappa shape index (κ2) is 10.6. The molecule has 13 nitrogen and oxygen atoms in total. The lowest BCUT2D eigenvalue weighted by Gasteiger charge is -2.30. The van der Waals surface area contributed by atoms with Crippen LogP contribution in [0.25, 0.3) is 11.2 Å². The number of nitrogen functional groups attached to an aromatic ring is 1. The summed E-state index contributed by atoms with van der Waals surface area (Å²) >= 11 is 5.61. The number of imidazole rings is 1. The van der Waals surface area contributed by atoms with Crippen molar-refractivity contribution in [2.24, 2.45) is 0 Å². The minimum atomic E-state index is -2.35. The molecule has 5 rings (SSSR count). The normalized spacial score (nSPS) is 28.0. The molecule has 16 heteroatoms. The molecule has 2 aromatic heterocycles. The van der Waals surface area contributed by atoms with Gasteiger partial charge in [-0.1, -0.05) is 18.2 Å². The first-order valence-electron chi connectivity index (χ1n) is 12.9. The molecule has 0 amide bonds. The third kappa shape index (κ3) is 5.00. The quantitative estimate of drug-likeness (QED) is 0.197. The molecule has 2 fully saturated rings. The van der Waals surface area contributed by atoms with E-state index < -0.39 is 48.8 Å². The monoisotopic (exact) mass is 608 g/mol. The molecule has 1 aliphatic heterocycles. The van der Waals surface area contributed by atoms with Crippen LogP contribution in [0.15, 0.2) is 36.7 Å². The smallest absolute Gasteiger partial charge is 0.462 e. The fraction of sp³-hybridized carbons (Fsp3) is 0.520. The van der Waals surface area contributed by atoms with Crippen LogP contribution in [0.4, 0.5) is 16.2 Å². The molecular formula is C25H32FN7O6PS+. The Balaban J connectivity index is 1.37. The average molecular weight is 609 g/mol. The molecule has 1 saturated heterocycles. The van der Waals surface area contributed by atoms with Crippen LogP contribution in [0.2, 0.25) is 0 Å². The van der Waals surface area contributed by atoms with E-state index in [1.54, 1.807) is 64.0 Å². The second-order valence-electron chi connectivity index (χ2n) is 10.6. The maximum Gasteiger partial charge on any atom is 0.480 e. The number of esters is 1. The topological polar surface area (TPSA) is 150 Å². The molecule has 220 valence electrons. The standard InChI is InChI=1S/C25H32FN7O6PS/c1-13(2)36-21(34)14(3)33(38-15-10-8-7-9-11-15)40(41)39-18-17-25(18,35)24(4,26)22(37-17)32-12-28-16-19(31(5)6)29-23(27)30-20(16)32/h7-14,17-18,22,35H,1-6H3,(H2,27,29,30)/q+1/t14-,17+,18?,22+,24-,25-/m0/s1. The maximum atomic E-state index is 16.5. The van der Waals surface area contributed by atoms with Gasteiger partial charge in [0.1, 0.15) is 6.10 Å². The zero-order valence-electron chi connectivity index (χ0n) is 23.3. The van der Waals surface area contributed by atoms with Crippen molar-refractivity contribution in [3.05, 3.63) is 36.7 Å². The number of nitrogens with zero attached hydrogens (tertiary/aromatic N) is 6. The van der Waals surface area contributed by atoms with E-state index in [2.05, 4.69) is 15.0 Å². The van der Waals surface area contributed by atoms with Gasteiger partial charge in [0.05, 0.1) is 17.3 Å². The largest absolute Gasteiger partial charge is 0.480 e. The van der Waals surface area contributed by atoms with Crippen molar-refractivity contribution < 1.29 is 33.1 Å². The van der Waals surface area contributed by atoms with Crippen LogP contribution in [-0.2, 0) is 30.6 Å². The number of nitrogens with two attached hydrogens (primary N) is 1. The van der Waals surface area contributed by atoms with E-state index in [0.29, 0.717) is 17.1 Å². The second-order valence-corrected chi connectivity index (χ2v) is 12.6. The van der Waals surface area contributed by atoms with Gasteiger partial charge in [0, 0.05) is 14.1 Å². The summed E-state index contributed by atoms with van der Waals surface area (Å²) in [6.07, 6.45) is -2.47. The first kappa shape index (κ1) is 29.4. The summed E-state index contributed by atoms with van der Waals surface area (Å²) in [5.41, 5.74) is 2.15. The van der Waals surface area contributed by atoms with Gasteiger partial charge >= 0.3 is 13.0 Å². The third-order valence-corrected chi connectivity index (χ3v) is 8.88. The number of carbonyl (C=O) groups is 1. The van der Waals surface area contributed by atoms with Gasteiger partial charge < -0.3 is 30.1 Å². The fourth-order valence-electron chi connectivity index (χ4n) is 4.78. The number of hydrogen-bond donors (Lipinski definition) is 2. The lowest BCUT2D eigenvalue weighted by atomic mass is 9.97. The van der Waals surface area contributed by atoms with E-state index in [4.69, 9.17) is 36.4 Å². The predicted octanol–water partition coefficient (Wildman–Crippen LogP) is 2.64. The van der Waals surface area contributed by atoms with Crippen LogP contribution in [0.5, 0.6) is 5.75 Å². The number of para-hydroxylation sites is 1. The Morgan fingerprint density at radius 1 is 1.27 bits per heavy atom. The molecule has 2 unspecified atom stereocenters. The van der Waals surface area contributed by atoms with Crippen LogP contribution in [0.1, 0.15) is 33.9 Å². The van der Waals surface area contributed by atoms with Gasteiger partial charge in [-0.15, -0.1) is 4.52 Å². The van der Waals surface area contributed by atoms with E-state index in [9.17, 15) is 9.90 Å². The number of anilines is 2. The Bertz CT molecular complexity index is 1480. The molecule has 2 aliphatic rings. The van der Waals surface area contributed by atoms with Crippen LogP contribution in [0.3, 0.4) is 0 Å². The average Bonchev–Trinajstić information content (AvgIpc) is 3.16. The molecule has 1 aromatic carbocycles. The first-order chi connectivity index (χ1) is 19.3. The van der Waals surface area contributed by atoms with Crippen molar-refractivity contribution in [2.45, 2.75) is 69.5 Å². The summed E-state index contributed by atoms with van der Waals surface area (Å²) in [5.74, 6) is 0.259. The molecule has 3 N–H and O–H groups in total. The lowest BCUT2D eigenvalue weighted by Crippen LogP contribution is -2.45. The van der Waals surface area contributed by atoms with Crippen molar-refractivity contribution in [1.82, 2.24) is 24.4 Å². The van der Waals surface area contributed by atoms with Crippen LogP contribution in [0, 0.1) is 0 Å². The molecule has 41 heavy (non-hydrogen) atoms. The van der Waals surface area contributed by atoms with Gasteiger partial charge in [0.2, 0.25) is 17.8 Å². The fourth-order valence-corrected chi connectivity index (χ4v) is 6.68. The Labute approximate surface area is 241 Å². The predicted molar refractivity (Wildman–Crippen MR) is 151 cm³/mol. The highest BCUT2D eigenvalue weighted by Gasteiger charge is 2.86. The minimum absolute atomic E-state index is 0.0213. The lowest BCUT2D eigenvalue weighted by molar-refractivity contribution is -0.158. The summed E-state index contributed by atoms with van der Waals surface area (Å²) in [4.78, 5) is 34.3. The van der Waals surface area contributed by atoms with E-state index in [1.807, 2.05) is 6.07 Å². The molecule has 3 heterocycles. The maximum absolute atomic E-state index is 16.5. The molecule has 0 spiro atoms. The SMILES string of the molecule is CC(C)OC(=O)[C@H](C)N(Oc1ccccc1)[P+](=S)OC1[C@H]2O[C@@H](n3cnc4c(N(C)C)nc(N)nc43)[C@](C)(F)[C@@]12O. The zero-order valence-corrected chi connectivity index (χ0v) is 25.0. The molecule has 3 aromatic rings. The van der Waals surface area contributed by atoms with Crippen molar-refractivity contribution in [3.63, 3.8) is 0 Å². The molecule has 0 radical (unpaired) electrons. The van der Waals surface area contributed by atoms with Crippen LogP contribution in [-0.4, -0.2) is 85.1 Å². The number of aliphatic hydroxyl groups is 1. The minimum Gasteiger partial charge on any atom is -0.462 e. The van der Waals surface area contributed by atoms with Gasteiger partial charge in [0.25, 0.3) is 0 Å². The molecule has 1 saturated carbocycles. The van der Waals surface area contributed by atoms with E-state index in [0.717, 1.165) is 0 Å². The first-order valence-corrected chi connectivity index (χ1v) is 15.1. The highest BCUT2D eigenvalue weighted by molar-refractivity contribution is 8.01. The number of aromatic nitrogens is 4. The summed E-state index contributed by atoms with van der Waals surface area (Å²) in [6.45, 7) is 6.23. The van der Waals surface area contributed by atoms with Gasteiger partial charge in [-0.25, -0.2) is 9.37 Å². The van der Waals surface area contributed by atoms with Crippen molar-refractivity contribution in [3.8, 4) is 5.75 Å².